The highest BCUT2D eigenvalue weighted by Crippen LogP contribution is 2.25. The van der Waals surface area contributed by atoms with Crippen LogP contribution in [0.3, 0.4) is 0 Å². The molecule has 1 aliphatic heterocycles. The highest BCUT2D eigenvalue weighted by molar-refractivity contribution is 5.89. The van der Waals surface area contributed by atoms with Gasteiger partial charge in [-0.3, -0.25) is 9.59 Å². The Kier molecular flexibility index (Phi) is 4.01. The average molecular weight is 278 g/mol. The molecule has 0 aromatic carbocycles. The van der Waals surface area contributed by atoms with Crippen LogP contribution in [0, 0.1) is 5.92 Å². The van der Waals surface area contributed by atoms with Crippen molar-refractivity contribution in [1.29, 1.82) is 0 Å². The highest BCUT2D eigenvalue weighted by atomic mass is 19.4. The fourth-order valence-electron chi connectivity index (χ4n) is 2.71. The number of alkyl halides is 3. The van der Waals surface area contributed by atoms with E-state index in [1.165, 1.54) is 0 Å². The minimum absolute atomic E-state index is 0.116. The lowest BCUT2D eigenvalue weighted by Crippen LogP contribution is -2.39. The minimum atomic E-state index is -4.41. The van der Waals surface area contributed by atoms with E-state index >= 15 is 0 Å². The van der Waals surface area contributed by atoms with Gasteiger partial charge in [-0.05, 0) is 12.8 Å². The second kappa shape index (κ2) is 5.38. The molecule has 19 heavy (non-hydrogen) atoms. The van der Waals surface area contributed by atoms with Crippen LogP contribution in [-0.2, 0) is 9.59 Å². The van der Waals surface area contributed by atoms with E-state index in [0.29, 0.717) is 0 Å². The molecule has 1 heterocycles. The van der Waals surface area contributed by atoms with Crippen LogP contribution < -0.4 is 5.32 Å². The number of carbonyl (C=O) groups is 2. The van der Waals surface area contributed by atoms with Crippen LogP contribution in [0.25, 0.3) is 0 Å². The predicted molar refractivity (Wildman–Crippen MR) is 61.1 cm³/mol. The number of likely N-dealkylation sites (tertiary alicyclic amines) is 1. The summed E-state index contributed by atoms with van der Waals surface area (Å²) in [6.07, 6.45) is -0.568. The van der Waals surface area contributed by atoms with Crippen LogP contribution in [0.4, 0.5) is 13.2 Å². The van der Waals surface area contributed by atoms with Crippen molar-refractivity contribution in [1.82, 2.24) is 10.2 Å². The Labute approximate surface area is 109 Å². The van der Waals surface area contributed by atoms with Gasteiger partial charge >= 0.3 is 6.18 Å². The number of nitrogens with one attached hydrogen (secondary N) is 1. The zero-order chi connectivity index (χ0) is 14.0. The van der Waals surface area contributed by atoms with Gasteiger partial charge < -0.3 is 10.2 Å². The molecular weight excluding hydrogens is 261 g/mol. The minimum Gasteiger partial charge on any atom is -0.353 e. The van der Waals surface area contributed by atoms with E-state index in [2.05, 4.69) is 5.32 Å². The summed E-state index contributed by atoms with van der Waals surface area (Å²) >= 11 is 0. The Morgan fingerprint density at radius 3 is 2.53 bits per heavy atom. The van der Waals surface area contributed by atoms with Gasteiger partial charge in [0.2, 0.25) is 11.8 Å². The van der Waals surface area contributed by atoms with E-state index in [1.54, 1.807) is 0 Å². The fourth-order valence-corrected chi connectivity index (χ4v) is 2.71. The van der Waals surface area contributed by atoms with Gasteiger partial charge in [-0.2, -0.15) is 13.2 Å². The van der Waals surface area contributed by atoms with Crippen LogP contribution in [0.1, 0.15) is 32.1 Å². The number of rotatable bonds is 3. The second-order valence-corrected chi connectivity index (χ2v) is 5.28. The van der Waals surface area contributed by atoms with Crippen molar-refractivity contribution in [2.24, 2.45) is 5.92 Å². The maximum absolute atomic E-state index is 12.2. The standard InChI is InChI=1S/C12H17F3N2O2/c13-12(14,15)7-17-6-8(5-10(17)18)11(19)16-9-3-1-2-4-9/h8-9H,1-7H2,(H,16,19). The molecule has 1 atom stereocenters. The first kappa shape index (κ1) is 14.1. The van der Waals surface area contributed by atoms with Gasteiger partial charge in [0.25, 0.3) is 0 Å². The Bertz CT molecular complexity index is 364. The average Bonchev–Trinajstić information content (AvgIpc) is 2.88. The molecule has 2 amide bonds. The molecule has 1 unspecified atom stereocenters. The number of nitrogens with zero attached hydrogens (tertiary/aromatic N) is 1. The molecule has 1 saturated heterocycles. The van der Waals surface area contributed by atoms with Gasteiger partial charge in [0.05, 0.1) is 5.92 Å². The molecule has 108 valence electrons. The molecule has 0 aromatic heterocycles. The summed E-state index contributed by atoms with van der Waals surface area (Å²) < 4.78 is 36.7. The van der Waals surface area contributed by atoms with E-state index in [0.717, 1.165) is 30.6 Å². The monoisotopic (exact) mass is 278 g/mol. The molecule has 2 aliphatic rings. The first-order chi connectivity index (χ1) is 8.85. The van der Waals surface area contributed by atoms with E-state index < -0.39 is 24.5 Å². The third kappa shape index (κ3) is 3.84. The van der Waals surface area contributed by atoms with E-state index in [9.17, 15) is 22.8 Å². The maximum atomic E-state index is 12.2. The molecule has 1 N–H and O–H groups in total. The maximum Gasteiger partial charge on any atom is 0.406 e. The van der Waals surface area contributed by atoms with E-state index in [-0.39, 0.29) is 24.9 Å². The van der Waals surface area contributed by atoms with Crippen LogP contribution in [0.2, 0.25) is 0 Å². The van der Waals surface area contributed by atoms with Crippen LogP contribution >= 0.6 is 0 Å². The summed E-state index contributed by atoms with van der Waals surface area (Å²) in [6, 6.07) is 0.124. The van der Waals surface area contributed by atoms with E-state index in [1.807, 2.05) is 0 Å². The van der Waals surface area contributed by atoms with Gasteiger partial charge in [-0.15, -0.1) is 0 Å². The summed E-state index contributed by atoms with van der Waals surface area (Å²) in [5, 5.41) is 2.83. The summed E-state index contributed by atoms with van der Waals surface area (Å²) in [6.45, 7) is -1.39. The Balaban J connectivity index is 1.85. The lowest BCUT2D eigenvalue weighted by atomic mass is 10.1. The van der Waals surface area contributed by atoms with Gasteiger partial charge in [-0.1, -0.05) is 12.8 Å². The number of halogens is 3. The third-order valence-corrected chi connectivity index (χ3v) is 3.66. The molecule has 0 bridgehead atoms. The smallest absolute Gasteiger partial charge is 0.353 e. The van der Waals surface area contributed by atoms with Gasteiger partial charge in [0, 0.05) is 19.0 Å². The lowest BCUT2D eigenvalue weighted by molar-refractivity contribution is -0.157. The van der Waals surface area contributed by atoms with Crippen molar-refractivity contribution < 1.29 is 22.8 Å². The topological polar surface area (TPSA) is 49.4 Å². The number of carbonyl (C=O) groups excluding carboxylic acids is 2. The third-order valence-electron chi connectivity index (χ3n) is 3.66. The number of hydrogen-bond acceptors (Lipinski definition) is 2. The van der Waals surface area contributed by atoms with Crippen molar-refractivity contribution in [3.63, 3.8) is 0 Å². The predicted octanol–water partition coefficient (Wildman–Crippen LogP) is 1.46. The first-order valence-corrected chi connectivity index (χ1v) is 6.50. The number of amides is 2. The highest BCUT2D eigenvalue weighted by Gasteiger charge is 2.40. The summed E-state index contributed by atoms with van der Waals surface area (Å²) in [7, 11) is 0. The molecule has 0 radical (unpaired) electrons. The summed E-state index contributed by atoms with van der Waals surface area (Å²) in [4.78, 5) is 24.1. The Hall–Kier alpha value is -1.27. The molecular formula is C12H17F3N2O2. The molecule has 0 aromatic rings. The van der Waals surface area contributed by atoms with Gasteiger partial charge in [0.15, 0.2) is 0 Å². The molecule has 2 rings (SSSR count). The van der Waals surface area contributed by atoms with Crippen LogP contribution in [0.5, 0.6) is 0 Å². The molecule has 4 nitrogen and oxygen atoms in total. The summed E-state index contributed by atoms with van der Waals surface area (Å²) in [5.41, 5.74) is 0. The van der Waals surface area contributed by atoms with Crippen LogP contribution in [-0.4, -0.2) is 42.0 Å². The van der Waals surface area contributed by atoms with Crippen molar-refractivity contribution in [2.75, 3.05) is 13.1 Å². The van der Waals surface area contributed by atoms with Crippen molar-refractivity contribution in [3.8, 4) is 0 Å². The molecule has 1 aliphatic carbocycles. The van der Waals surface area contributed by atoms with Crippen molar-refractivity contribution in [3.05, 3.63) is 0 Å². The SMILES string of the molecule is O=C(NC1CCCC1)C1CC(=O)N(CC(F)(F)F)C1. The molecule has 0 spiro atoms. The normalized spacial score (nSPS) is 25.1. The molecule has 7 heteroatoms. The summed E-state index contributed by atoms with van der Waals surface area (Å²) in [5.74, 6) is -1.52. The van der Waals surface area contributed by atoms with Crippen LogP contribution in [0.15, 0.2) is 0 Å². The van der Waals surface area contributed by atoms with Gasteiger partial charge in [-0.25, -0.2) is 0 Å². The zero-order valence-electron chi connectivity index (χ0n) is 10.5. The van der Waals surface area contributed by atoms with Gasteiger partial charge in [0.1, 0.15) is 6.54 Å². The fraction of sp³-hybridized carbons (Fsp3) is 0.833. The quantitative estimate of drug-likeness (QED) is 0.849. The molecule has 1 saturated carbocycles. The Morgan fingerprint density at radius 2 is 1.95 bits per heavy atom. The van der Waals surface area contributed by atoms with E-state index in [4.69, 9.17) is 0 Å². The number of hydrogen-bond donors (Lipinski definition) is 1. The molecule has 2 fully saturated rings. The largest absolute Gasteiger partial charge is 0.406 e. The van der Waals surface area contributed by atoms with Crippen molar-refractivity contribution >= 4 is 11.8 Å². The van der Waals surface area contributed by atoms with Crippen molar-refractivity contribution in [2.45, 2.75) is 44.3 Å². The second-order valence-electron chi connectivity index (χ2n) is 5.28. The first-order valence-electron chi connectivity index (χ1n) is 6.50. The Morgan fingerprint density at radius 1 is 1.32 bits per heavy atom. The lowest BCUT2D eigenvalue weighted by Gasteiger charge is -2.19. The zero-order valence-corrected chi connectivity index (χ0v) is 10.5.